The zero-order valence-electron chi connectivity index (χ0n) is 15.6. The molecule has 0 radical (unpaired) electrons. The standard InChI is InChI=1S/C22H21FN2O2/c1-5-15(7-6-14(2)23)22-18-9-8-17(27-4)11-19(18)20-13-25(3)21(26)10-16(20)12-24-22/h5-11,13H,1,12H2,2-4H3/b14-6+,15-7+. The molecule has 3 rings (SSSR count). The minimum Gasteiger partial charge on any atom is -0.497 e. The highest BCUT2D eigenvalue weighted by Gasteiger charge is 2.20. The van der Waals surface area contributed by atoms with E-state index in [-0.39, 0.29) is 11.4 Å². The summed E-state index contributed by atoms with van der Waals surface area (Å²) in [6.07, 6.45) is 6.51. The fourth-order valence-electron chi connectivity index (χ4n) is 3.07. The number of hydrogen-bond donors (Lipinski definition) is 0. The molecule has 0 aliphatic carbocycles. The topological polar surface area (TPSA) is 43.6 Å². The van der Waals surface area contributed by atoms with Gasteiger partial charge in [-0.25, -0.2) is 4.39 Å². The van der Waals surface area contributed by atoms with Crippen LogP contribution in [0.15, 0.2) is 76.5 Å². The van der Waals surface area contributed by atoms with Crippen LogP contribution in [0.25, 0.3) is 11.1 Å². The lowest BCUT2D eigenvalue weighted by Crippen LogP contribution is -2.16. The minimum absolute atomic E-state index is 0.0904. The van der Waals surface area contributed by atoms with E-state index < -0.39 is 0 Å². The molecule has 5 heteroatoms. The number of aryl methyl sites for hydroxylation is 1. The molecule has 1 aromatic carbocycles. The molecule has 4 nitrogen and oxygen atoms in total. The number of hydrogen-bond acceptors (Lipinski definition) is 3. The van der Waals surface area contributed by atoms with E-state index in [0.29, 0.717) is 23.6 Å². The second kappa shape index (κ2) is 7.58. The quantitative estimate of drug-likeness (QED) is 0.757. The summed E-state index contributed by atoms with van der Waals surface area (Å²) in [5.41, 5.74) is 4.86. The molecule has 0 fully saturated rings. The summed E-state index contributed by atoms with van der Waals surface area (Å²) >= 11 is 0. The van der Waals surface area contributed by atoms with Gasteiger partial charge in [-0.1, -0.05) is 18.7 Å². The summed E-state index contributed by atoms with van der Waals surface area (Å²) in [6, 6.07) is 7.32. The number of rotatable bonds is 4. The van der Waals surface area contributed by atoms with E-state index in [1.807, 2.05) is 24.4 Å². The predicted molar refractivity (Wildman–Crippen MR) is 107 cm³/mol. The monoisotopic (exact) mass is 364 g/mol. The van der Waals surface area contributed by atoms with Gasteiger partial charge in [0.2, 0.25) is 0 Å². The summed E-state index contributed by atoms with van der Waals surface area (Å²) in [5, 5.41) is 0. The summed E-state index contributed by atoms with van der Waals surface area (Å²) in [4.78, 5) is 16.8. The van der Waals surface area contributed by atoms with Gasteiger partial charge in [-0.3, -0.25) is 9.79 Å². The van der Waals surface area contributed by atoms with Crippen molar-refractivity contribution in [2.75, 3.05) is 7.11 Å². The van der Waals surface area contributed by atoms with Crippen LogP contribution in [0.4, 0.5) is 4.39 Å². The van der Waals surface area contributed by atoms with E-state index in [1.165, 1.54) is 13.0 Å². The summed E-state index contributed by atoms with van der Waals surface area (Å²) in [5.74, 6) is 0.406. The first-order valence-electron chi connectivity index (χ1n) is 8.54. The van der Waals surface area contributed by atoms with Gasteiger partial charge in [0.05, 0.1) is 25.2 Å². The number of aliphatic imine (C=N–C) groups is 1. The minimum atomic E-state index is -0.301. The van der Waals surface area contributed by atoms with Gasteiger partial charge in [0.15, 0.2) is 0 Å². The first kappa shape index (κ1) is 18.6. The van der Waals surface area contributed by atoms with Crippen LogP contribution in [-0.4, -0.2) is 17.4 Å². The first-order valence-corrected chi connectivity index (χ1v) is 8.54. The largest absolute Gasteiger partial charge is 0.497 e. The smallest absolute Gasteiger partial charge is 0.250 e. The van der Waals surface area contributed by atoms with E-state index in [9.17, 15) is 9.18 Å². The molecular formula is C22H21FN2O2. The number of halogens is 1. The second-order valence-corrected chi connectivity index (χ2v) is 6.32. The van der Waals surface area contributed by atoms with Gasteiger partial charge in [0.25, 0.3) is 5.56 Å². The van der Waals surface area contributed by atoms with E-state index in [0.717, 1.165) is 22.3 Å². The van der Waals surface area contributed by atoms with Crippen molar-refractivity contribution in [3.05, 3.63) is 88.1 Å². The van der Waals surface area contributed by atoms with Gasteiger partial charge in [-0.05, 0) is 47.9 Å². The van der Waals surface area contributed by atoms with Crippen LogP contribution in [0, 0.1) is 0 Å². The molecular weight excluding hydrogens is 343 g/mol. The summed E-state index contributed by atoms with van der Waals surface area (Å²) in [6.45, 7) is 5.58. The third-order valence-electron chi connectivity index (χ3n) is 4.48. The number of ether oxygens (including phenoxy) is 1. The van der Waals surface area contributed by atoms with Crippen LogP contribution < -0.4 is 10.3 Å². The third-order valence-corrected chi connectivity index (χ3v) is 4.48. The maximum atomic E-state index is 13.2. The lowest BCUT2D eigenvalue weighted by Gasteiger charge is -2.14. The Balaban J connectivity index is 2.30. The zero-order valence-corrected chi connectivity index (χ0v) is 15.6. The first-order chi connectivity index (χ1) is 12.9. The molecule has 1 aliphatic heterocycles. The maximum Gasteiger partial charge on any atom is 0.250 e. The molecule has 138 valence electrons. The Labute approximate surface area is 157 Å². The Bertz CT molecular complexity index is 1050. The van der Waals surface area contributed by atoms with Gasteiger partial charge < -0.3 is 9.30 Å². The van der Waals surface area contributed by atoms with Crippen LogP contribution in [0.5, 0.6) is 5.75 Å². The third kappa shape index (κ3) is 3.67. The fourth-order valence-corrected chi connectivity index (χ4v) is 3.07. The SMILES string of the molecule is C=C/C(=C\C=C(/C)F)C1=NCc2cc(=O)n(C)cc2-c2cc(OC)ccc21. The molecule has 2 heterocycles. The number of fused-ring (bicyclic) bond motifs is 3. The Morgan fingerprint density at radius 3 is 2.70 bits per heavy atom. The average molecular weight is 364 g/mol. The number of pyridine rings is 1. The van der Waals surface area contributed by atoms with Crippen molar-refractivity contribution in [3.8, 4) is 16.9 Å². The van der Waals surface area contributed by atoms with Gasteiger partial charge >= 0.3 is 0 Å². The second-order valence-electron chi connectivity index (χ2n) is 6.32. The van der Waals surface area contributed by atoms with E-state index in [2.05, 4.69) is 6.58 Å². The molecule has 27 heavy (non-hydrogen) atoms. The summed E-state index contributed by atoms with van der Waals surface area (Å²) < 4.78 is 20.2. The van der Waals surface area contributed by atoms with Crippen LogP contribution >= 0.6 is 0 Å². The van der Waals surface area contributed by atoms with E-state index in [4.69, 9.17) is 9.73 Å². The number of aromatic nitrogens is 1. The Morgan fingerprint density at radius 1 is 1.26 bits per heavy atom. The predicted octanol–water partition coefficient (Wildman–Crippen LogP) is 4.35. The number of benzene rings is 1. The van der Waals surface area contributed by atoms with Gasteiger partial charge in [0.1, 0.15) is 5.75 Å². The average Bonchev–Trinajstić information content (AvgIpc) is 2.80. The van der Waals surface area contributed by atoms with Crippen molar-refractivity contribution in [2.45, 2.75) is 13.5 Å². The van der Waals surface area contributed by atoms with Crippen molar-refractivity contribution in [1.82, 2.24) is 4.57 Å². The molecule has 2 aromatic rings. The Morgan fingerprint density at radius 2 is 2.04 bits per heavy atom. The number of nitrogens with zero attached hydrogens (tertiary/aromatic N) is 2. The highest BCUT2D eigenvalue weighted by Crippen LogP contribution is 2.34. The van der Waals surface area contributed by atoms with Gasteiger partial charge in [0, 0.05) is 30.4 Å². The van der Waals surface area contributed by atoms with Gasteiger partial charge in [-0.2, -0.15) is 0 Å². The van der Waals surface area contributed by atoms with Gasteiger partial charge in [-0.15, -0.1) is 0 Å². The Kier molecular flexibility index (Phi) is 5.21. The lowest BCUT2D eigenvalue weighted by molar-refractivity contribution is 0.415. The van der Waals surface area contributed by atoms with Crippen molar-refractivity contribution >= 4 is 5.71 Å². The summed E-state index contributed by atoms with van der Waals surface area (Å²) in [7, 11) is 3.33. The fraction of sp³-hybridized carbons (Fsp3) is 0.182. The van der Waals surface area contributed by atoms with Crippen LogP contribution in [-0.2, 0) is 13.6 Å². The molecule has 0 bridgehead atoms. The van der Waals surface area contributed by atoms with Crippen LogP contribution in [0.2, 0.25) is 0 Å². The van der Waals surface area contributed by atoms with Crippen molar-refractivity contribution < 1.29 is 9.13 Å². The van der Waals surface area contributed by atoms with Crippen molar-refractivity contribution in [1.29, 1.82) is 0 Å². The molecule has 0 atom stereocenters. The normalized spacial score (nSPS) is 14.0. The zero-order chi connectivity index (χ0) is 19.6. The molecule has 0 saturated heterocycles. The molecule has 0 spiro atoms. The molecule has 1 aromatic heterocycles. The molecule has 1 aliphatic rings. The van der Waals surface area contributed by atoms with E-state index in [1.54, 1.807) is 36.9 Å². The Hall–Kier alpha value is -3.21. The number of methoxy groups -OCH3 is 1. The molecule has 0 unspecified atom stereocenters. The van der Waals surface area contributed by atoms with Crippen molar-refractivity contribution in [2.24, 2.45) is 12.0 Å². The molecule has 0 N–H and O–H groups in total. The van der Waals surface area contributed by atoms with E-state index >= 15 is 0 Å². The maximum absolute atomic E-state index is 13.2. The number of allylic oxidation sites excluding steroid dienone is 5. The molecule has 0 saturated carbocycles. The molecule has 0 amide bonds. The van der Waals surface area contributed by atoms with Crippen LogP contribution in [0.1, 0.15) is 18.1 Å². The highest BCUT2D eigenvalue weighted by atomic mass is 19.1. The highest BCUT2D eigenvalue weighted by molar-refractivity contribution is 6.18. The van der Waals surface area contributed by atoms with Crippen molar-refractivity contribution in [3.63, 3.8) is 0 Å². The lowest BCUT2D eigenvalue weighted by atomic mass is 9.92. The van der Waals surface area contributed by atoms with Crippen LogP contribution in [0.3, 0.4) is 0 Å².